The van der Waals surface area contributed by atoms with Crippen LogP contribution in [0, 0.1) is 6.92 Å². The number of hydrogen-bond donors (Lipinski definition) is 1. The molecule has 0 unspecified atom stereocenters. The van der Waals surface area contributed by atoms with Crippen molar-refractivity contribution in [2.24, 2.45) is 17.3 Å². The van der Waals surface area contributed by atoms with Crippen molar-refractivity contribution in [1.29, 1.82) is 0 Å². The minimum absolute atomic E-state index is 0.0273. The van der Waals surface area contributed by atoms with Crippen LogP contribution in [0.15, 0.2) is 52.7 Å². The highest BCUT2D eigenvalue weighted by atomic mass is 16.3. The molecule has 7 nitrogen and oxygen atoms in total. The molecule has 2 aromatic carbocycles. The highest BCUT2D eigenvalue weighted by molar-refractivity contribution is 5.99. The maximum Gasteiger partial charge on any atom is 0.295 e. The molecule has 0 aliphatic carbocycles. The number of aryl methyl sites for hydroxylation is 3. The van der Waals surface area contributed by atoms with Crippen LogP contribution < -0.4 is 0 Å². The molecular weight excluding hydrogens is 342 g/mol. The summed E-state index contributed by atoms with van der Waals surface area (Å²) >= 11 is 0. The lowest BCUT2D eigenvalue weighted by atomic mass is 10.2. The smallest absolute Gasteiger partial charge is 0.295 e. The van der Waals surface area contributed by atoms with Gasteiger partial charge in [0.25, 0.3) is 5.91 Å². The Hall–Kier alpha value is -3.48. The normalized spacial score (nSPS) is 11.8. The summed E-state index contributed by atoms with van der Waals surface area (Å²) < 4.78 is 3.69. The van der Waals surface area contributed by atoms with Gasteiger partial charge in [0.05, 0.1) is 16.6 Å². The Kier molecular flexibility index (Phi) is 3.99. The number of fused-ring (bicyclic) bond motifs is 2. The number of rotatable bonds is 3. The number of amides is 1. The van der Waals surface area contributed by atoms with Crippen LogP contribution in [0.3, 0.4) is 0 Å². The van der Waals surface area contributed by atoms with Gasteiger partial charge in [-0.3, -0.25) is 4.79 Å². The lowest BCUT2D eigenvalue weighted by molar-refractivity contribution is 0.0995. The fraction of sp³-hybridized carbons (Fsp3) is 0.200. The van der Waals surface area contributed by atoms with Crippen molar-refractivity contribution in [2.75, 3.05) is 0 Å². The monoisotopic (exact) mass is 361 g/mol. The van der Waals surface area contributed by atoms with Crippen LogP contribution in [-0.4, -0.2) is 25.1 Å². The first-order valence-electron chi connectivity index (χ1n) is 8.70. The number of carbonyl (C=O) groups excluding carboxylic acids is 1. The third-order valence-electron chi connectivity index (χ3n) is 4.79. The molecule has 0 saturated carbocycles. The summed E-state index contributed by atoms with van der Waals surface area (Å²) in [6.07, 6.45) is 0. The van der Waals surface area contributed by atoms with E-state index in [2.05, 4.69) is 26.7 Å². The Morgan fingerprint density at radius 1 is 1.19 bits per heavy atom. The molecule has 2 aromatic heterocycles. The van der Waals surface area contributed by atoms with E-state index in [0.29, 0.717) is 5.56 Å². The summed E-state index contributed by atoms with van der Waals surface area (Å²) in [5.41, 5.74) is 3.25. The molecule has 0 aliphatic rings. The molecule has 0 spiro atoms. The molecule has 0 atom stereocenters. The fourth-order valence-electron chi connectivity index (χ4n) is 3.39. The summed E-state index contributed by atoms with van der Waals surface area (Å²) in [6.45, 7) is 4.81. The average Bonchev–Trinajstić information content (AvgIpc) is 3.13. The Labute approximate surface area is 155 Å². The summed E-state index contributed by atoms with van der Waals surface area (Å²) in [4.78, 5) is 17.0. The van der Waals surface area contributed by atoms with Gasteiger partial charge >= 0.3 is 0 Å². The maximum absolute atomic E-state index is 12.5. The van der Waals surface area contributed by atoms with Crippen molar-refractivity contribution >= 4 is 33.5 Å². The fourth-order valence-corrected chi connectivity index (χ4v) is 3.39. The first-order valence-corrected chi connectivity index (χ1v) is 8.70. The summed E-state index contributed by atoms with van der Waals surface area (Å²) in [6, 6.07) is 12.7. The van der Waals surface area contributed by atoms with E-state index in [4.69, 9.17) is 0 Å². The number of para-hydroxylation sites is 1. The molecule has 0 bridgehead atoms. The molecule has 27 heavy (non-hydrogen) atoms. The number of benzene rings is 2. The quantitative estimate of drug-likeness (QED) is 0.546. The van der Waals surface area contributed by atoms with Gasteiger partial charge in [-0.2, -0.15) is 0 Å². The van der Waals surface area contributed by atoms with Gasteiger partial charge in [0.2, 0.25) is 5.88 Å². The summed E-state index contributed by atoms with van der Waals surface area (Å²) in [5.74, 6) is 0.396. The number of nitrogens with zero attached hydrogens (tertiary/aromatic N) is 5. The van der Waals surface area contributed by atoms with Crippen molar-refractivity contribution in [3.8, 4) is 5.88 Å². The SMILES string of the molecule is CCn1c(C)nc2cc(C(=O)N=Nc3c(O)n(C)c4ccccc34)ccc21. The molecule has 0 saturated heterocycles. The van der Waals surface area contributed by atoms with Crippen LogP contribution in [0.1, 0.15) is 23.1 Å². The third-order valence-corrected chi connectivity index (χ3v) is 4.79. The second kappa shape index (κ2) is 6.35. The number of aromatic nitrogens is 3. The number of carbonyl (C=O) groups is 1. The molecule has 4 aromatic rings. The molecule has 1 amide bonds. The number of azo groups is 1. The van der Waals surface area contributed by atoms with Gasteiger partial charge in [-0.15, -0.1) is 10.2 Å². The van der Waals surface area contributed by atoms with Gasteiger partial charge in [0.1, 0.15) is 5.82 Å². The molecule has 7 heteroatoms. The second-order valence-electron chi connectivity index (χ2n) is 6.36. The van der Waals surface area contributed by atoms with Crippen molar-refractivity contribution < 1.29 is 9.90 Å². The largest absolute Gasteiger partial charge is 0.493 e. The summed E-state index contributed by atoms with van der Waals surface area (Å²) in [7, 11) is 1.73. The minimum atomic E-state index is -0.479. The Morgan fingerprint density at radius 3 is 2.74 bits per heavy atom. The maximum atomic E-state index is 12.5. The molecule has 1 N–H and O–H groups in total. The number of imidazole rings is 1. The van der Waals surface area contributed by atoms with Gasteiger partial charge in [0.15, 0.2) is 5.69 Å². The molecule has 0 aliphatic heterocycles. The van der Waals surface area contributed by atoms with Gasteiger partial charge in [-0.1, -0.05) is 18.2 Å². The average molecular weight is 361 g/mol. The van der Waals surface area contributed by atoms with Crippen LogP contribution >= 0.6 is 0 Å². The topological polar surface area (TPSA) is 84.8 Å². The molecular formula is C20H19N5O2. The third kappa shape index (κ3) is 2.68. The Bertz CT molecular complexity index is 1220. The molecule has 0 fully saturated rings. The van der Waals surface area contributed by atoms with Crippen molar-refractivity contribution in [1.82, 2.24) is 14.1 Å². The van der Waals surface area contributed by atoms with E-state index in [1.807, 2.05) is 37.3 Å². The Balaban J connectivity index is 1.70. The van der Waals surface area contributed by atoms with E-state index in [1.165, 1.54) is 0 Å². The highest BCUT2D eigenvalue weighted by Crippen LogP contribution is 2.37. The van der Waals surface area contributed by atoms with Crippen LogP contribution in [0.4, 0.5) is 5.69 Å². The van der Waals surface area contributed by atoms with Crippen molar-refractivity contribution in [2.45, 2.75) is 20.4 Å². The molecule has 2 heterocycles. The van der Waals surface area contributed by atoms with Crippen LogP contribution in [0.5, 0.6) is 5.88 Å². The standard InChI is InChI=1S/C20H19N5O2/c1-4-25-12(2)21-15-11-13(9-10-17(15)25)19(26)23-22-18-14-7-5-6-8-16(14)24(3)20(18)27/h5-11,27H,4H2,1-3H3. The van der Waals surface area contributed by atoms with E-state index >= 15 is 0 Å². The van der Waals surface area contributed by atoms with Crippen LogP contribution in [0.25, 0.3) is 21.9 Å². The Morgan fingerprint density at radius 2 is 1.96 bits per heavy atom. The number of aromatic hydroxyl groups is 1. The zero-order chi connectivity index (χ0) is 19.1. The van der Waals surface area contributed by atoms with E-state index in [9.17, 15) is 9.90 Å². The zero-order valence-electron chi connectivity index (χ0n) is 15.3. The summed E-state index contributed by atoms with van der Waals surface area (Å²) in [5, 5.41) is 18.9. The number of hydrogen-bond acceptors (Lipinski definition) is 4. The zero-order valence-corrected chi connectivity index (χ0v) is 15.3. The van der Waals surface area contributed by atoms with Crippen LogP contribution in [-0.2, 0) is 13.6 Å². The lowest BCUT2D eigenvalue weighted by Crippen LogP contribution is -1.97. The molecule has 136 valence electrons. The second-order valence-corrected chi connectivity index (χ2v) is 6.36. The van der Waals surface area contributed by atoms with Crippen molar-refractivity contribution in [3.63, 3.8) is 0 Å². The lowest BCUT2D eigenvalue weighted by Gasteiger charge is -2.01. The first-order chi connectivity index (χ1) is 13.0. The van der Waals surface area contributed by atoms with E-state index in [1.54, 1.807) is 23.7 Å². The highest BCUT2D eigenvalue weighted by Gasteiger charge is 2.15. The predicted molar refractivity (Wildman–Crippen MR) is 104 cm³/mol. The van der Waals surface area contributed by atoms with Gasteiger partial charge in [-0.05, 0) is 38.1 Å². The first kappa shape index (κ1) is 17.0. The van der Waals surface area contributed by atoms with Gasteiger partial charge in [0, 0.05) is 24.5 Å². The molecule has 4 rings (SSSR count). The van der Waals surface area contributed by atoms with Gasteiger partial charge in [-0.25, -0.2) is 4.98 Å². The van der Waals surface area contributed by atoms with Crippen molar-refractivity contribution in [3.05, 3.63) is 53.9 Å². The van der Waals surface area contributed by atoms with Gasteiger partial charge < -0.3 is 14.2 Å². The van der Waals surface area contributed by atoms with E-state index < -0.39 is 5.91 Å². The minimum Gasteiger partial charge on any atom is -0.493 e. The predicted octanol–water partition coefficient (Wildman–Crippen LogP) is 4.49. The van der Waals surface area contributed by atoms with Crippen LogP contribution in [0.2, 0.25) is 0 Å². The van der Waals surface area contributed by atoms with E-state index in [-0.39, 0.29) is 11.6 Å². The van der Waals surface area contributed by atoms with E-state index in [0.717, 1.165) is 34.3 Å². The molecule has 0 radical (unpaired) electrons.